The minimum Gasteiger partial charge on any atom is -0.481 e. The van der Waals surface area contributed by atoms with Crippen molar-refractivity contribution in [2.45, 2.75) is 257 Å². The predicted molar refractivity (Wildman–Crippen MR) is 272 cm³/mol. The monoisotopic (exact) mass is 934 g/mol. The lowest BCUT2D eigenvalue weighted by molar-refractivity contribution is -0.158. The van der Waals surface area contributed by atoms with Crippen LogP contribution >= 0.6 is 0 Å². The first-order valence-electron chi connectivity index (χ1n) is 27.3. The number of esters is 1. The van der Waals surface area contributed by atoms with E-state index < -0.39 is 24.1 Å². The summed E-state index contributed by atoms with van der Waals surface area (Å²) < 4.78 is 12.1. The zero-order chi connectivity index (χ0) is 50.2. The second-order valence-electron chi connectivity index (χ2n) is 25.0. The van der Waals surface area contributed by atoms with E-state index in [-0.39, 0.29) is 46.6 Å². The normalized spacial score (nSPS) is 32.8. The fourth-order valence-corrected chi connectivity index (χ4v) is 12.3. The Kier molecular flexibility index (Phi) is 25.3. The molecule has 388 valence electrons. The van der Waals surface area contributed by atoms with Gasteiger partial charge in [0.05, 0.1) is 42.9 Å². The summed E-state index contributed by atoms with van der Waals surface area (Å²) in [5, 5.41) is 32.2. The van der Waals surface area contributed by atoms with Gasteiger partial charge in [-0.05, 0) is 174 Å². The van der Waals surface area contributed by atoms with Crippen LogP contribution in [0, 0.1) is 74.9 Å². The van der Waals surface area contributed by atoms with Gasteiger partial charge in [-0.25, -0.2) is 0 Å². The highest BCUT2D eigenvalue weighted by molar-refractivity contribution is 5.76. The molecule has 9 heteroatoms. The van der Waals surface area contributed by atoms with E-state index >= 15 is 0 Å². The Morgan fingerprint density at radius 1 is 0.636 bits per heavy atom. The van der Waals surface area contributed by atoms with Gasteiger partial charge < -0.3 is 30.1 Å². The number of ether oxygens (including phenoxy) is 2. The average molecular weight is 934 g/mol. The number of hydrogen-bond acceptors (Lipinski definition) is 7. The highest BCUT2D eigenvalue weighted by Gasteiger charge is 2.43. The fraction of sp³-hybridized carbons (Fsp3) is 0.947. The van der Waals surface area contributed by atoms with Gasteiger partial charge in [0.25, 0.3) is 0 Å². The number of carboxylic acids is 1. The molecular weight excluding hydrogens is 827 g/mol. The maximum Gasteiger partial charge on any atom is 0.311 e. The Labute approximate surface area is 406 Å². The summed E-state index contributed by atoms with van der Waals surface area (Å²) in [7, 11) is 0. The van der Waals surface area contributed by atoms with Crippen molar-refractivity contribution >= 4 is 17.8 Å². The van der Waals surface area contributed by atoms with Crippen LogP contribution in [-0.2, 0) is 23.9 Å². The van der Waals surface area contributed by atoms with Crippen LogP contribution in [0.15, 0.2) is 0 Å². The predicted octanol–water partition coefficient (Wildman–Crippen LogP) is 13.5. The molecule has 0 spiro atoms. The summed E-state index contributed by atoms with van der Waals surface area (Å²) in [6.45, 7) is 36.3. The maximum absolute atomic E-state index is 13.0. The van der Waals surface area contributed by atoms with Crippen LogP contribution in [0.25, 0.3) is 0 Å². The molecule has 0 aliphatic heterocycles. The Morgan fingerprint density at radius 3 is 1.56 bits per heavy atom. The van der Waals surface area contributed by atoms with E-state index in [0.29, 0.717) is 60.1 Å². The molecule has 4 N–H and O–H groups in total. The second kappa shape index (κ2) is 27.6. The van der Waals surface area contributed by atoms with E-state index in [1.54, 1.807) is 13.8 Å². The van der Waals surface area contributed by atoms with E-state index in [1.165, 1.54) is 51.4 Å². The Balaban J connectivity index is 0.000000372. The Hall–Kier alpha value is -1.71. The van der Waals surface area contributed by atoms with Gasteiger partial charge in [-0.15, -0.1) is 0 Å². The summed E-state index contributed by atoms with van der Waals surface area (Å²) >= 11 is 0. The summed E-state index contributed by atoms with van der Waals surface area (Å²) in [4.78, 5) is 36.0. The van der Waals surface area contributed by atoms with Gasteiger partial charge in [0.2, 0.25) is 5.91 Å². The molecule has 0 aromatic heterocycles. The van der Waals surface area contributed by atoms with Gasteiger partial charge in [-0.3, -0.25) is 14.4 Å². The smallest absolute Gasteiger partial charge is 0.311 e. The van der Waals surface area contributed by atoms with Crippen molar-refractivity contribution in [1.29, 1.82) is 0 Å². The van der Waals surface area contributed by atoms with E-state index in [4.69, 9.17) is 9.47 Å². The first-order valence-corrected chi connectivity index (χ1v) is 27.3. The fourth-order valence-electron chi connectivity index (χ4n) is 12.3. The van der Waals surface area contributed by atoms with E-state index in [2.05, 4.69) is 95.3 Å². The average Bonchev–Trinajstić information content (AvgIpc) is 3.20. The van der Waals surface area contributed by atoms with Gasteiger partial charge in [-0.2, -0.15) is 0 Å². The molecule has 0 radical (unpaired) electrons. The third-order valence-corrected chi connectivity index (χ3v) is 18.6. The van der Waals surface area contributed by atoms with Crippen LogP contribution in [0.3, 0.4) is 0 Å². The molecule has 13 atom stereocenters. The van der Waals surface area contributed by atoms with Crippen molar-refractivity contribution in [1.82, 2.24) is 5.32 Å². The van der Waals surface area contributed by atoms with Crippen molar-refractivity contribution in [3.63, 3.8) is 0 Å². The highest BCUT2D eigenvalue weighted by Crippen LogP contribution is 2.49. The molecule has 4 fully saturated rings. The summed E-state index contributed by atoms with van der Waals surface area (Å²) in [5.41, 5.74) is 1.32. The maximum atomic E-state index is 13.0. The second-order valence-corrected chi connectivity index (χ2v) is 25.0. The van der Waals surface area contributed by atoms with E-state index in [0.717, 1.165) is 70.3 Å². The minimum atomic E-state index is -0.742. The standard InChI is InChI=1S/C28H52O4.C15H28O3.C14H27NO/c1-19(2)27(7)14-9-11-23(17-27)25(22(6)29)26(30)31-16-13-21(5)32-24-12-10-15-28(8,18-24)20(3)4;1-10(2)15(4)7-5-6-12(9-15)13(14(17)18)8-11(3)16;1-5-15-13(16)9-12-7-6-8-14(4,10-12)11(2)3/h19-25,29H,9-18H2,1-8H3;10-13,16H,5-9H2,1-4H3,(H,17,18);11-12H,5-10H2,1-4H3,(H,15,16). The number of carbonyl (C=O) groups is 3. The highest BCUT2D eigenvalue weighted by atomic mass is 16.5. The van der Waals surface area contributed by atoms with Crippen molar-refractivity contribution in [2.75, 3.05) is 13.2 Å². The molecule has 4 aliphatic carbocycles. The summed E-state index contributed by atoms with van der Waals surface area (Å²) in [6.07, 6.45) is 19.5. The topological polar surface area (TPSA) is 142 Å². The van der Waals surface area contributed by atoms with Crippen molar-refractivity contribution in [3.8, 4) is 0 Å². The SMILES string of the molecule is CC(CCOC(=O)C(C(C)O)C1CCCC(C)(C(C)C)C1)OC1CCCC(C)(C(C)C)C1.CC(O)CC(C(=O)O)C1CCCC(C)(C(C)C)C1.CCNC(=O)CC1CCCC(C)(C(C)C)C1. The van der Waals surface area contributed by atoms with E-state index in [1.807, 2.05) is 6.92 Å². The zero-order valence-electron chi connectivity index (χ0n) is 45.7. The minimum absolute atomic E-state index is 0.0752. The molecule has 1 amide bonds. The van der Waals surface area contributed by atoms with Gasteiger partial charge in [0, 0.05) is 19.4 Å². The van der Waals surface area contributed by atoms with E-state index in [9.17, 15) is 29.7 Å². The number of nitrogens with one attached hydrogen (secondary N) is 1. The first-order chi connectivity index (χ1) is 30.6. The van der Waals surface area contributed by atoms with Crippen LogP contribution in [0.1, 0.15) is 233 Å². The van der Waals surface area contributed by atoms with Crippen LogP contribution in [0.4, 0.5) is 0 Å². The molecule has 4 rings (SSSR count). The third kappa shape index (κ3) is 18.9. The van der Waals surface area contributed by atoms with Gasteiger partial charge in [0.1, 0.15) is 0 Å². The molecule has 0 aromatic carbocycles. The zero-order valence-corrected chi connectivity index (χ0v) is 45.7. The van der Waals surface area contributed by atoms with Crippen molar-refractivity contribution < 1.29 is 39.2 Å². The molecule has 4 saturated carbocycles. The first kappa shape index (κ1) is 60.4. The molecule has 9 nitrogen and oxygen atoms in total. The third-order valence-electron chi connectivity index (χ3n) is 18.6. The lowest BCUT2D eigenvalue weighted by Crippen LogP contribution is -2.41. The molecule has 13 unspecified atom stereocenters. The van der Waals surface area contributed by atoms with Gasteiger partial charge in [-0.1, -0.05) is 109 Å². The van der Waals surface area contributed by atoms with Gasteiger partial charge >= 0.3 is 11.9 Å². The number of aliphatic hydroxyl groups excluding tert-OH is 2. The van der Waals surface area contributed by atoms with Crippen LogP contribution < -0.4 is 5.32 Å². The van der Waals surface area contributed by atoms with Crippen LogP contribution in [0.5, 0.6) is 0 Å². The number of aliphatic carboxylic acids is 1. The lowest BCUT2D eigenvalue weighted by atomic mass is 9.62. The lowest BCUT2D eigenvalue weighted by Gasteiger charge is -2.44. The van der Waals surface area contributed by atoms with Crippen molar-refractivity contribution in [3.05, 3.63) is 0 Å². The summed E-state index contributed by atoms with van der Waals surface area (Å²) in [6, 6.07) is 0. The van der Waals surface area contributed by atoms with Crippen molar-refractivity contribution in [2.24, 2.45) is 74.9 Å². The molecule has 4 aliphatic rings. The number of carboxylic acid groups (broad SMARTS) is 1. The number of carbonyl (C=O) groups excluding carboxylic acids is 2. The molecule has 0 saturated heterocycles. The molecular formula is C57H107NO8. The van der Waals surface area contributed by atoms with Gasteiger partial charge in [0.15, 0.2) is 0 Å². The van der Waals surface area contributed by atoms with Crippen LogP contribution in [0.2, 0.25) is 0 Å². The molecule has 0 bridgehead atoms. The molecule has 0 heterocycles. The number of aliphatic hydroxyl groups is 2. The Morgan fingerprint density at radius 2 is 1.09 bits per heavy atom. The largest absolute Gasteiger partial charge is 0.481 e. The molecule has 66 heavy (non-hydrogen) atoms. The Bertz CT molecular complexity index is 1430. The van der Waals surface area contributed by atoms with Crippen LogP contribution in [-0.4, -0.2) is 70.7 Å². The number of hydrogen-bond donors (Lipinski definition) is 4. The molecule has 0 aromatic rings. The number of amides is 1. The quantitative estimate of drug-likeness (QED) is 0.0938. The number of rotatable bonds is 19. The summed E-state index contributed by atoms with van der Waals surface area (Å²) in [5.74, 6) is 2.04.